The molecule has 10 heteroatoms. The molecule has 1 saturated heterocycles. The van der Waals surface area contributed by atoms with Gasteiger partial charge in [-0.15, -0.1) is 0 Å². The van der Waals surface area contributed by atoms with E-state index in [0.717, 1.165) is 69.3 Å². The van der Waals surface area contributed by atoms with E-state index in [2.05, 4.69) is 22.3 Å². The Kier molecular flexibility index (Phi) is 9.72. The summed E-state index contributed by atoms with van der Waals surface area (Å²) in [6.07, 6.45) is -5.08. The van der Waals surface area contributed by atoms with E-state index in [4.69, 9.17) is 5.73 Å². The zero-order valence-electron chi connectivity index (χ0n) is 24.4. The summed E-state index contributed by atoms with van der Waals surface area (Å²) in [6, 6.07) is 18.9. The van der Waals surface area contributed by atoms with Gasteiger partial charge in [-0.25, -0.2) is 4.39 Å². The molecule has 1 aliphatic heterocycles. The van der Waals surface area contributed by atoms with Crippen molar-refractivity contribution in [2.24, 2.45) is 5.73 Å². The van der Waals surface area contributed by atoms with Crippen LogP contribution >= 0.6 is 0 Å². The van der Waals surface area contributed by atoms with E-state index >= 15 is 0 Å². The lowest BCUT2D eigenvalue weighted by Crippen LogP contribution is -2.51. The van der Waals surface area contributed by atoms with E-state index in [1.54, 1.807) is 0 Å². The molecule has 3 aromatic rings. The summed E-state index contributed by atoms with van der Waals surface area (Å²) in [5.74, 6) is 0.200. The molecule has 1 atom stereocenters. The number of nitrogens with one attached hydrogen (secondary N) is 1. The van der Waals surface area contributed by atoms with E-state index in [9.17, 15) is 30.7 Å². The fraction of sp³-hybridized carbons (Fsp3) is 0.471. The van der Waals surface area contributed by atoms with Crippen LogP contribution in [0.3, 0.4) is 0 Å². The van der Waals surface area contributed by atoms with Crippen LogP contribution in [0.2, 0.25) is 0 Å². The number of hydrogen-bond acceptors (Lipinski definition) is 3. The molecule has 1 unspecified atom stereocenters. The second kappa shape index (κ2) is 13.2. The number of benzene rings is 3. The highest BCUT2D eigenvalue weighted by Gasteiger charge is 2.40. The van der Waals surface area contributed by atoms with Gasteiger partial charge in [0.05, 0.1) is 17.3 Å². The van der Waals surface area contributed by atoms with Crippen LogP contribution in [0, 0.1) is 5.82 Å². The van der Waals surface area contributed by atoms with Crippen LogP contribution in [-0.2, 0) is 24.2 Å². The first kappa shape index (κ1) is 32.4. The van der Waals surface area contributed by atoms with Crippen LogP contribution in [0.1, 0.15) is 72.3 Å². The summed E-state index contributed by atoms with van der Waals surface area (Å²) in [7, 11) is 0. The SMILES string of the molecule is NC(Cc1cc(C(F)(F)F)cc(C(F)(F)F)c1)NCC1(c2ccccc2)CCC(N2CCC(c3ccc(F)cc3)CC2)CC1. The quantitative estimate of drug-likeness (QED) is 0.198. The molecular formula is C34H38F7N3. The van der Waals surface area contributed by atoms with Crippen molar-refractivity contribution in [1.82, 2.24) is 10.2 Å². The number of nitrogens with two attached hydrogens (primary N) is 1. The van der Waals surface area contributed by atoms with Gasteiger partial charge in [0, 0.05) is 24.4 Å². The maximum absolute atomic E-state index is 13.4. The van der Waals surface area contributed by atoms with E-state index in [-0.39, 0.29) is 29.3 Å². The Bertz CT molecular complexity index is 1320. The first-order chi connectivity index (χ1) is 20.8. The third-order valence-corrected chi connectivity index (χ3v) is 9.49. The van der Waals surface area contributed by atoms with E-state index in [1.807, 2.05) is 30.3 Å². The average molecular weight is 622 g/mol. The van der Waals surface area contributed by atoms with Gasteiger partial charge in [-0.1, -0.05) is 42.5 Å². The van der Waals surface area contributed by atoms with Crippen LogP contribution < -0.4 is 11.1 Å². The Morgan fingerprint density at radius 1 is 0.795 bits per heavy atom. The number of piperidine rings is 1. The van der Waals surface area contributed by atoms with Crippen molar-refractivity contribution in [3.05, 3.63) is 106 Å². The number of halogens is 7. The molecule has 0 amide bonds. The Labute approximate surface area is 253 Å². The molecule has 3 aromatic carbocycles. The van der Waals surface area contributed by atoms with Crippen molar-refractivity contribution in [1.29, 1.82) is 0 Å². The van der Waals surface area contributed by atoms with E-state index in [1.165, 1.54) is 17.7 Å². The number of nitrogens with zero attached hydrogens (tertiary/aromatic N) is 1. The Morgan fingerprint density at radius 2 is 1.36 bits per heavy atom. The van der Waals surface area contributed by atoms with Crippen LogP contribution in [0.5, 0.6) is 0 Å². The van der Waals surface area contributed by atoms with Crippen LogP contribution in [0.4, 0.5) is 30.7 Å². The van der Waals surface area contributed by atoms with Gasteiger partial charge in [-0.05, 0) is 105 Å². The second-order valence-corrected chi connectivity index (χ2v) is 12.3. The lowest BCUT2D eigenvalue weighted by Gasteiger charge is -2.46. The highest BCUT2D eigenvalue weighted by atomic mass is 19.4. The van der Waals surface area contributed by atoms with E-state index in [0.29, 0.717) is 18.5 Å². The third kappa shape index (κ3) is 7.82. The maximum Gasteiger partial charge on any atom is 0.416 e. The van der Waals surface area contributed by atoms with Crippen molar-refractivity contribution >= 4 is 0 Å². The lowest BCUT2D eigenvalue weighted by molar-refractivity contribution is -0.143. The molecule has 3 nitrogen and oxygen atoms in total. The summed E-state index contributed by atoms with van der Waals surface area (Å²) < 4.78 is 93.4. The molecule has 3 N–H and O–H groups in total. The van der Waals surface area contributed by atoms with Crippen molar-refractivity contribution in [3.8, 4) is 0 Å². The van der Waals surface area contributed by atoms with Gasteiger partial charge >= 0.3 is 12.4 Å². The summed E-state index contributed by atoms with van der Waals surface area (Å²) >= 11 is 0. The van der Waals surface area contributed by atoms with Gasteiger partial charge in [0.25, 0.3) is 0 Å². The molecule has 1 heterocycles. The van der Waals surface area contributed by atoms with Crippen molar-refractivity contribution in [3.63, 3.8) is 0 Å². The number of alkyl halides is 6. The Morgan fingerprint density at radius 3 is 1.91 bits per heavy atom. The smallest absolute Gasteiger partial charge is 0.316 e. The molecule has 1 aliphatic carbocycles. The number of rotatable bonds is 8. The standard InChI is InChI=1S/C34H38F7N3/c35-29-8-6-24(7-9-29)25-12-16-44(17-13-25)30-10-14-32(15-11-30,26-4-2-1-3-5-26)22-43-31(42)20-23-18-27(33(36,37)38)21-28(19-23)34(39,40)41/h1-9,18-19,21,25,30-31,43H,10-17,20,22,42H2. The largest absolute Gasteiger partial charge is 0.416 e. The Hall–Kier alpha value is -2.95. The molecule has 2 aliphatic rings. The maximum atomic E-state index is 13.4. The van der Waals surface area contributed by atoms with Gasteiger partial charge < -0.3 is 16.0 Å². The molecule has 0 spiro atoms. The zero-order chi connectivity index (χ0) is 31.5. The molecule has 5 rings (SSSR count). The fourth-order valence-electron chi connectivity index (χ4n) is 7.00. The Balaban J connectivity index is 1.22. The molecule has 0 bridgehead atoms. The minimum atomic E-state index is -4.90. The zero-order valence-corrected chi connectivity index (χ0v) is 24.4. The molecule has 0 radical (unpaired) electrons. The van der Waals surface area contributed by atoms with Gasteiger partial charge in [0.1, 0.15) is 5.82 Å². The highest BCUT2D eigenvalue weighted by molar-refractivity contribution is 5.34. The number of likely N-dealkylation sites (tertiary alicyclic amines) is 1. The topological polar surface area (TPSA) is 41.3 Å². The average Bonchev–Trinajstić information content (AvgIpc) is 3.00. The predicted octanol–water partition coefficient (Wildman–Crippen LogP) is 8.04. The molecule has 1 saturated carbocycles. The minimum absolute atomic E-state index is 0.117. The third-order valence-electron chi connectivity index (χ3n) is 9.49. The van der Waals surface area contributed by atoms with Gasteiger partial charge in [-0.2, -0.15) is 26.3 Å². The van der Waals surface area contributed by atoms with Crippen LogP contribution in [0.25, 0.3) is 0 Å². The summed E-state index contributed by atoms with van der Waals surface area (Å²) in [4.78, 5) is 2.56. The molecule has 0 aromatic heterocycles. The van der Waals surface area contributed by atoms with Crippen LogP contribution in [0.15, 0.2) is 72.8 Å². The first-order valence-electron chi connectivity index (χ1n) is 15.1. The van der Waals surface area contributed by atoms with Crippen molar-refractivity contribution < 1.29 is 30.7 Å². The number of hydrogen-bond donors (Lipinski definition) is 2. The molecule has 2 fully saturated rings. The minimum Gasteiger partial charge on any atom is -0.316 e. The molecule has 238 valence electrons. The molecular weight excluding hydrogens is 583 g/mol. The normalized spacial score (nSPS) is 23.0. The second-order valence-electron chi connectivity index (χ2n) is 12.3. The molecule has 44 heavy (non-hydrogen) atoms. The fourth-order valence-corrected chi connectivity index (χ4v) is 7.00. The van der Waals surface area contributed by atoms with Crippen LogP contribution in [-0.4, -0.2) is 36.7 Å². The summed E-state index contributed by atoms with van der Waals surface area (Å²) in [5.41, 5.74) is 5.56. The van der Waals surface area contributed by atoms with Crippen molar-refractivity contribution in [2.45, 2.75) is 80.8 Å². The van der Waals surface area contributed by atoms with Gasteiger partial charge in [-0.3, -0.25) is 0 Å². The highest BCUT2D eigenvalue weighted by Crippen LogP contribution is 2.42. The summed E-state index contributed by atoms with van der Waals surface area (Å²) in [5, 5.41) is 3.25. The monoisotopic (exact) mass is 621 g/mol. The van der Waals surface area contributed by atoms with Gasteiger partial charge in [0.15, 0.2) is 0 Å². The van der Waals surface area contributed by atoms with Crippen molar-refractivity contribution in [2.75, 3.05) is 19.6 Å². The summed E-state index contributed by atoms with van der Waals surface area (Å²) in [6.45, 7) is 2.42. The van der Waals surface area contributed by atoms with Gasteiger partial charge in [0.2, 0.25) is 0 Å². The lowest BCUT2D eigenvalue weighted by atomic mass is 9.67. The predicted molar refractivity (Wildman–Crippen MR) is 156 cm³/mol. The first-order valence-corrected chi connectivity index (χ1v) is 15.1. The van der Waals surface area contributed by atoms with E-state index < -0.39 is 29.6 Å².